The van der Waals surface area contributed by atoms with Crippen molar-refractivity contribution in [2.75, 3.05) is 16.0 Å². The average Bonchev–Trinajstić information content (AvgIpc) is 2.80. The van der Waals surface area contributed by atoms with Gasteiger partial charge in [-0.2, -0.15) is 0 Å². The van der Waals surface area contributed by atoms with E-state index in [4.69, 9.17) is 0 Å². The van der Waals surface area contributed by atoms with Crippen LogP contribution in [0.5, 0.6) is 0 Å². The highest BCUT2D eigenvalue weighted by Crippen LogP contribution is 2.21. The van der Waals surface area contributed by atoms with Gasteiger partial charge < -0.3 is 10.2 Å². The van der Waals surface area contributed by atoms with E-state index in [1.165, 1.54) is 12.1 Å². The lowest BCUT2D eigenvalue weighted by atomic mass is 10.1. The molecule has 3 aromatic rings. The van der Waals surface area contributed by atoms with Gasteiger partial charge >= 0.3 is 0 Å². The third kappa shape index (κ3) is 6.08. The number of nitrogens with one attached hydrogen (secondary N) is 1. The van der Waals surface area contributed by atoms with E-state index in [1.807, 2.05) is 44.2 Å². The molecule has 7 heteroatoms. The Bertz CT molecular complexity index is 1200. The van der Waals surface area contributed by atoms with Crippen LogP contribution in [0.4, 0.5) is 11.4 Å². The summed E-state index contributed by atoms with van der Waals surface area (Å²) in [7, 11) is -3.26. The van der Waals surface area contributed by atoms with Crippen LogP contribution in [0.3, 0.4) is 0 Å². The quantitative estimate of drug-likeness (QED) is 0.523. The molecule has 6 nitrogen and oxygen atoms in total. The minimum atomic E-state index is -3.26. The summed E-state index contributed by atoms with van der Waals surface area (Å²) in [6.45, 7) is 5.52. The first kappa shape index (κ1) is 24.2. The van der Waals surface area contributed by atoms with E-state index in [0.717, 1.165) is 5.69 Å². The zero-order chi connectivity index (χ0) is 24.0. The van der Waals surface area contributed by atoms with Crippen LogP contribution in [0.1, 0.15) is 36.7 Å². The van der Waals surface area contributed by atoms with Crippen molar-refractivity contribution in [3.63, 3.8) is 0 Å². The van der Waals surface area contributed by atoms with Gasteiger partial charge in [0, 0.05) is 23.0 Å². The number of anilines is 2. The van der Waals surface area contributed by atoms with Crippen molar-refractivity contribution in [3.05, 3.63) is 90.0 Å². The summed E-state index contributed by atoms with van der Waals surface area (Å²) in [5.74, 6) is -0.310. The van der Waals surface area contributed by atoms with Crippen molar-refractivity contribution in [2.24, 2.45) is 0 Å². The van der Waals surface area contributed by atoms with E-state index in [-0.39, 0.29) is 34.9 Å². The van der Waals surface area contributed by atoms with Crippen LogP contribution >= 0.6 is 0 Å². The van der Waals surface area contributed by atoms with Gasteiger partial charge in [-0.1, -0.05) is 37.3 Å². The number of rotatable bonds is 8. The molecule has 0 aliphatic heterocycles. The molecule has 3 aromatic carbocycles. The highest BCUT2D eigenvalue weighted by Gasteiger charge is 2.20. The Kier molecular flexibility index (Phi) is 7.66. The highest BCUT2D eigenvalue weighted by atomic mass is 32.2. The van der Waals surface area contributed by atoms with E-state index in [0.29, 0.717) is 16.8 Å². The Balaban J connectivity index is 1.65. The van der Waals surface area contributed by atoms with Crippen LogP contribution in [-0.2, 0) is 21.1 Å². The fraction of sp³-hybridized carbons (Fsp3) is 0.231. The second kappa shape index (κ2) is 10.4. The summed E-state index contributed by atoms with van der Waals surface area (Å²) in [6.07, 6.45) is 0.113. The first-order valence-corrected chi connectivity index (χ1v) is 12.5. The van der Waals surface area contributed by atoms with Crippen molar-refractivity contribution < 1.29 is 18.0 Å². The summed E-state index contributed by atoms with van der Waals surface area (Å²) < 4.78 is 23.8. The first-order chi connectivity index (χ1) is 15.7. The van der Waals surface area contributed by atoms with Gasteiger partial charge in [-0.05, 0) is 67.9 Å². The topological polar surface area (TPSA) is 83.5 Å². The molecular formula is C26H28N2O4S. The number of para-hydroxylation sites is 1. The number of carbonyl (C=O) groups excluding carboxylic acids is 2. The summed E-state index contributed by atoms with van der Waals surface area (Å²) in [5.41, 5.74) is 2.65. The molecule has 3 rings (SSSR count). The Hall–Kier alpha value is -3.45. The summed E-state index contributed by atoms with van der Waals surface area (Å²) in [6, 6.07) is 22.6. The zero-order valence-electron chi connectivity index (χ0n) is 19.0. The third-order valence-corrected chi connectivity index (χ3v) is 6.96. The molecule has 0 radical (unpaired) electrons. The van der Waals surface area contributed by atoms with E-state index in [1.54, 1.807) is 48.2 Å². The lowest BCUT2D eigenvalue weighted by Crippen LogP contribution is -2.37. The van der Waals surface area contributed by atoms with Crippen LogP contribution in [0.2, 0.25) is 0 Å². The smallest absolute Gasteiger partial charge is 0.258 e. The second-order valence-corrected chi connectivity index (χ2v) is 10.2. The summed E-state index contributed by atoms with van der Waals surface area (Å²) in [5, 5.41) is 2.81. The third-order valence-electron chi connectivity index (χ3n) is 5.21. The monoisotopic (exact) mass is 464 g/mol. The molecule has 0 saturated heterocycles. The Labute approximate surface area is 195 Å². The van der Waals surface area contributed by atoms with Gasteiger partial charge in [-0.25, -0.2) is 8.42 Å². The SMILES string of the molecule is CCS(=O)(=O)c1ccc(CC(=O)Nc2ccc(C(=O)N(c3ccccc3)C(C)C)cc2)cc1. The van der Waals surface area contributed by atoms with Gasteiger partial charge in [-0.15, -0.1) is 0 Å². The van der Waals surface area contributed by atoms with Crippen LogP contribution in [0.25, 0.3) is 0 Å². The molecule has 2 amide bonds. The number of benzene rings is 3. The predicted octanol–water partition coefficient (Wildman–Crippen LogP) is 4.72. The van der Waals surface area contributed by atoms with E-state index in [2.05, 4.69) is 5.32 Å². The number of carbonyl (C=O) groups is 2. The van der Waals surface area contributed by atoms with E-state index < -0.39 is 9.84 Å². The average molecular weight is 465 g/mol. The summed E-state index contributed by atoms with van der Waals surface area (Å²) in [4.78, 5) is 27.5. The molecule has 0 heterocycles. The Morgan fingerprint density at radius 1 is 0.879 bits per heavy atom. The number of hydrogen-bond donors (Lipinski definition) is 1. The molecule has 1 N–H and O–H groups in total. The lowest BCUT2D eigenvalue weighted by Gasteiger charge is -2.27. The first-order valence-electron chi connectivity index (χ1n) is 10.8. The maximum atomic E-state index is 13.1. The normalized spacial score (nSPS) is 11.3. The van der Waals surface area contributed by atoms with Gasteiger partial charge in [0.2, 0.25) is 5.91 Å². The van der Waals surface area contributed by atoms with Gasteiger partial charge in [0.05, 0.1) is 17.1 Å². The van der Waals surface area contributed by atoms with Crippen molar-refractivity contribution >= 4 is 33.0 Å². The lowest BCUT2D eigenvalue weighted by molar-refractivity contribution is -0.115. The molecule has 0 saturated carbocycles. The van der Waals surface area contributed by atoms with Gasteiger partial charge in [-0.3, -0.25) is 9.59 Å². The van der Waals surface area contributed by atoms with Crippen LogP contribution < -0.4 is 10.2 Å². The van der Waals surface area contributed by atoms with Gasteiger partial charge in [0.25, 0.3) is 5.91 Å². The molecular weight excluding hydrogens is 436 g/mol. The maximum Gasteiger partial charge on any atom is 0.258 e. The molecule has 0 aliphatic carbocycles. The van der Waals surface area contributed by atoms with Crippen molar-refractivity contribution in [1.82, 2.24) is 0 Å². The fourth-order valence-electron chi connectivity index (χ4n) is 3.45. The minimum absolute atomic E-state index is 0.0158. The van der Waals surface area contributed by atoms with E-state index >= 15 is 0 Å². The molecule has 0 aromatic heterocycles. The minimum Gasteiger partial charge on any atom is -0.326 e. The maximum absolute atomic E-state index is 13.1. The zero-order valence-corrected chi connectivity index (χ0v) is 19.8. The molecule has 172 valence electrons. The number of sulfone groups is 1. The fourth-order valence-corrected chi connectivity index (χ4v) is 4.33. The van der Waals surface area contributed by atoms with Crippen LogP contribution in [0, 0.1) is 0 Å². The molecule has 33 heavy (non-hydrogen) atoms. The molecule has 0 atom stereocenters. The van der Waals surface area contributed by atoms with Gasteiger partial charge in [0.1, 0.15) is 0 Å². The van der Waals surface area contributed by atoms with Crippen molar-refractivity contribution in [3.8, 4) is 0 Å². The van der Waals surface area contributed by atoms with Gasteiger partial charge in [0.15, 0.2) is 9.84 Å². The van der Waals surface area contributed by atoms with Crippen molar-refractivity contribution in [2.45, 2.75) is 38.1 Å². The van der Waals surface area contributed by atoms with Crippen molar-refractivity contribution in [1.29, 1.82) is 0 Å². The van der Waals surface area contributed by atoms with Crippen LogP contribution in [0.15, 0.2) is 83.8 Å². The molecule has 0 bridgehead atoms. The van der Waals surface area contributed by atoms with Crippen LogP contribution in [-0.4, -0.2) is 32.0 Å². The Morgan fingerprint density at radius 3 is 2.03 bits per heavy atom. The van der Waals surface area contributed by atoms with E-state index in [9.17, 15) is 18.0 Å². The molecule has 0 aliphatic rings. The Morgan fingerprint density at radius 2 is 1.48 bits per heavy atom. The highest BCUT2D eigenvalue weighted by molar-refractivity contribution is 7.91. The standard InChI is InChI=1S/C26H28N2O4S/c1-4-33(31,32)24-16-10-20(11-17-24)18-25(29)27-22-14-12-21(13-15-22)26(30)28(19(2)3)23-8-6-5-7-9-23/h5-17,19H,4,18H2,1-3H3,(H,27,29). The summed E-state index contributed by atoms with van der Waals surface area (Å²) >= 11 is 0. The molecule has 0 fully saturated rings. The predicted molar refractivity (Wildman–Crippen MR) is 131 cm³/mol. The number of nitrogens with zero attached hydrogens (tertiary/aromatic N) is 1. The largest absolute Gasteiger partial charge is 0.326 e. The molecule has 0 unspecified atom stereocenters. The molecule has 0 spiro atoms. The number of hydrogen-bond acceptors (Lipinski definition) is 4. The number of amides is 2. The second-order valence-electron chi connectivity index (χ2n) is 7.95.